The van der Waals surface area contributed by atoms with Crippen molar-refractivity contribution in [3.63, 3.8) is 0 Å². The number of rotatable bonds is 5. The third-order valence-electron chi connectivity index (χ3n) is 3.68. The van der Waals surface area contributed by atoms with Crippen LogP contribution < -0.4 is 5.32 Å². The number of nitrogens with zero attached hydrogens (tertiary/aromatic N) is 1. The second-order valence-corrected chi connectivity index (χ2v) is 7.50. The Morgan fingerprint density at radius 2 is 2.24 bits per heavy atom. The van der Waals surface area contributed by atoms with E-state index < -0.39 is 0 Å². The van der Waals surface area contributed by atoms with Gasteiger partial charge in [-0.15, -0.1) is 11.3 Å². The maximum absolute atomic E-state index is 6.02. The molecule has 0 unspecified atom stereocenters. The van der Waals surface area contributed by atoms with Crippen molar-refractivity contribution in [1.29, 1.82) is 0 Å². The number of halogens is 2. The van der Waals surface area contributed by atoms with Crippen LogP contribution in [-0.2, 0) is 6.54 Å². The lowest BCUT2D eigenvalue weighted by atomic mass is 9.75. The van der Waals surface area contributed by atoms with Gasteiger partial charge in [-0.05, 0) is 55.4 Å². The Kier molecular flexibility index (Phi) is 4.53. The fraction of sp³-hybridized carbons (Fsp3) is 0.667. The molecule has 96 valence electrons. The molecule has 0 amide bonds. The van der Waals surface area contributed by atoms with Crippen molar-refractivity contribution in [2.75, 3.05) is 20.6 Å². The summed E-state index contributed by atoms with van der Waals surface area (Å²) < 4.78 is 1.85. The maximum atomic E-state index is 6.02. The number of nitrogens with one attached hydrogen (secondary N) is 1. The third kappa shape index (κ3) is 3.04. The van der Waals surface area contributed by atoms with Gasteiger partial charge in [0.05, 0.1) is 0 Å². The summed E-state index contributed by atoms with van der Waals surface area (Å²) in [6.07, 6.45) is 3.97. The van der Waals surface area contributed by atoms with Gasteiger partial charge >= 0.3 is 0 Å². The molecule has 1 aromatic heterocycles. The van der Waals surface area contributed by atoms with Gasteiger partial charge in [0.25, 0.3) is 0 Å². The van der Waals surface area contributed by atoms with Crippen LogP contribution in [0.2, 0.25) is 4.34 Å². The van der Waals surface area contributed by atoms with Gasteiger partial charge < -0.3 is 10.2 Å². The summed E-state index contributed by atoms with van der Waals surface area (Å²) in [5.74, 6) is 0. The molecule has 0 saturated heterocycles. The van der Waals surface area contributed by atoms with E-state index in [1.165, 1.54) is 24.1 Å². The molecular formula is C12H18BrClN2S. The summed E-state index contributed by atoms with van der Waals surface area (Å²) >= 11 is 11.1. The summed E-state index contributed by atoms with van der Waals surface area (Å²) in [5.41, 5.74) is 0.387. The van der Waals surface area contributed by atoms with Gasteiger partial charge in [-0.2, -0.15) is 0 Å². The van der Waals surface area contributed by atoms with E-state index in [1.807, 2.05) is 0 Å². The number of hydrogen-bond donors (Lipinski definition) is 1. The van der Waals surface area contributed by atoms with Crippen LogP contribution in [0, 0.1) is 0 Å². The Labute approximate surface area is 120 Å². The van der Waals surface area contributed by atoms with Crippen LogP contribution in [0.1, 0.15) is 24.1 Å². The minimum Gasteiger partial charge on any atom is -0.310 e. The highest BCUT2D eigenvalue weighted by Crippen LogP contribution is 2.36. The van der Waals surface area contributed by atoms with Crippen LogP contribution in [0.25, 0.3) is 0 Å². The van der Waals surface area contributed by atoms with Crippen LogP contribution in [0.3, 0.4) is 0 Å². The quantitative estimate of drug-likeness (QED) is 0.880. The molecule has 1 fully saturated rings. The van der Waals surface area contributed by atoms with Crippen molar-refractivity contribution < 1.29 is 0 Å². The molecule has 0 radical (unpaired) electrons. The molecule has 1 N–H and O–H groups in total. The van der Waals surface area contributed by atoms with Gasteiger partial charge in [0.2, 0.25) is 0 Å². The lowest BCUT2D eigenvalue weighted by molar-refractivity contribution is 0.0599. The van der Waals surface area contributed by atoms with Crippen molar-refractivity contribution >= 4 is 38.9 Å². The van der Waals surface area contributed by atoms with Gasteiger partial charge in [0.1, 0.15) is 4.34 Å². The molecule has 1 aliphatic carbocycles. The zero-order valence-corrected chi connectivity index (χ0v) is 13.4. The summed E-state index contributed by atoms with van der Waals surface area (Å²) in [6, 6.07) is 2.10. The van der Waals surface area contributed by atoms with E-state index in [4.69, 9.17) is 11.6 Å². The fourth-order valence-corrected chi connectivity index (χ4v) is 4.02. The van der Waals surface area contributed by atoms with Crippen LogP contribution >= 0.6 is 38.9 Å². The monoisotopic (exact) mass is 336 g/mol. The molecule has 1 aromatic rings. The first kappa shape index (κ1) is 13.8. The Morgan fingerprint density at radius 1 is 1.53 bits per heavy atom. The van der Waals surface area contributed by atoms with Crippen LogP contribution in [-0.4, -0.2) is 31.1 Å². The minimum atomic E-state index is 0.387. The summed E-state index contributed by atoms with van der Waals surface area (Å²) in [6.45, 7) is 1.97. The van der Waals surface area contributed by atoms with Crippen molar-refractivity contribution in [1.82, 2.24) is 10.2 Å². The number of hydrogen-bond acceptors (Lipinski definition) is 3. The summed E-state index contributed by atoms with van der Waals surface area (Å²) in [7, 11) is 4.36. The van der Waals surface area contributed by atoms with E-state index in [0.717, 1.165) is 21.9 Å². The molecule has 0 aromatic carbocycles. The van der Waals surface area contributed by atoms with Crippen molar-refractivity contribution in [2.24, 2.45) is 0 Å². The fourth-order valence-electron chi connectivity index (χ4n) is 2.26. The van der Waals surface area contributed by atoms with Crippen molar-refractivity contribution in [3.8, 4) is 0 Å². The Morgan fingerprint density at radius 3 is 2.65 bits per heavy atom. The Hall–Kier alpha value is 0.390. The topological polar surface area (TPSA) is 15.3 Å². The molecule has 0 bridgehead atoms. The van der Waals surface area contributed by atoms with Crippen LogP contribution in [0.15, 0.2) is 10.5 Å². The highest BCUT2D eigenvalue weighted by atomic mass is 79.9. The molecule has 1 aliphatic rings. The molecule has 2 rings (SSSR count). The third-order valence-corrected chi connectivity index (χ3v) is 6.16. The largest absolute Gasteiger partial charge is 0.310 e. The second-order valence-electron chi connectivity index (χ2n) is 4.91. The Bertz CT molecular complexity index is 368. The molecule has 17 heavy (non-hydrogen) atoms. The molecule has 1 heterocycles. The molecule has 0 spiro atoms. The predicted molar refractivity (Wildman–Crippen MR) is 79.0 cm³/mol. The first-order valence-electron chi connectivity index (χ1n) is 5.85. The van der Waals surface area contributed by atoms with Gasteiger partial charge in [-0.3, -0.25) is 0 Å². The SMILES string of the molecule is CN(C)C1(CNCc2cc(Br)c(Cl)s2)CCC1. The van der Waals surface area contributed by atoms with Crippen molar-refractivity contribution in [2.45, 2.75) is 31.3 Å². The highest BCUT2D eigenvalue weighted by molar-refractivity contribution is 9.10. The van der Waals surface area contributed by atoms with Gasteiger partial charge in [0.15, 0.2) is 0 Å². The average molecular weight is 338 g/mol. The molecule has 0 atom stereocenters. The van der Waals surface area contributed by atoms with Gasteiger partial charge in [-0.1, -0.05) is 11.6 Å². The normalized spacial score (nSPS) is 18.4. The molecule has 2 nitrogen and oxygen atoms in total. The predicted octanol–water partition coefficient (Wildman–Crippen LogP) is 3.74. The van der Waals surface area contributed by atoms with E-state index in [-0.39, 0.29) is 0 Å². The zero-order chi connectivity index (χ0) is 12.5. The van der Waals surface area contributed by atoms with E-state index >= 15 is 0 Å². The van der Waals surface area contributed by atoms with Gasteiger partial charge in [0, 0.05) is 28.0 Å². The average Bonchev–Trinajstić information content (AvgIpc) is 2.50. The molecule has 1 saturated carbocycles. The Balaban J connectivity index is 1.83. The van der Waals surface area contributed by atoms with Crippen molar-refractivity contribution in [3.05, 3.63) is 19.8 Å². The maximum Gasteiger partial charge on any atom is 0.107 e. The summed E-state index contributed by atoms with van der Waals surface area (Å²) in [4.78, 5) is 3.65. The lowest BCUT2D eigenvalue weighted by Gasteiger charge is -2.47. The smallest absolute Gasteiger partial charge is 0.107 e. The lowest BCUT2D eigenvalue weighted by Crippen LogP contribution is -2.56. The van der Waals surface area contributed by atoms with E-state index in [2.05, 4.69) is 46.3 Å². The van der Waals surface area contributed by atoms with E-state index in [0.29, 0.717) is 5.54 Å². The molecular weight excluding hydrogens is 320 g/mol. The van der Waals surface area contributed by atoms with E-state index in [9.17, 15) is 0 Å². The number of thiophene rings is 1. The second kappa shape index (κ2) is 5.57. The minimum absolute atomic E-state index is 0.387. The zero-order valence-electron chi connectivity index (χ0n) is 10.2. The van der Waals surface area contributed by atoms with Gasteiger partial charge in [-0.25, -0.2) is 0 Å². The van der Waals surface area contributed by atoms with Crippen LogP contribution in [0.5, 0.6) is 0 Å². The summed E-state index contributed by atoms with van der Waals surface area (Å²) in [5, 5.41) is 3.56. The first-order valence-corrected chi connectivity index (χ1v) is 7.84. The highest BCUT2D eigenvalue weighted by Gasteiger charge is 2.38. The van der Waals surface area contributed by atoms with Crippen LogP contribution in [0.4, 0.5) is 0 Å². The molecule has 0 aliphatic heterocycles. The van der Waals surface area contributed by atoms with E-state index in [1.54, 1.807) is 11.3 Å². The standard InChI is InChI=1S/C12H18BrClN2S/c1-16(2)12(4-3-5-12)8-15-7-9-6-10(13)11(14)17-9/h6,15H,3-5,7-8H2,1-2H3. The number of likely N-dealkylation sites (N-methyl/N-ethyl adjacent to an activating group) is 1. The first-order chi connectivity index (χ1) is 8.03. The molecule has 5 heteroatoms.